The van der Waals surface area contributed by atoms with Crippen molar-refractivity contribution in [3.05, 3.63) is 51.5 Å². The first kappa shape index (κ1) is 21.3. The third-order valence-corrected chi connectivity index (χ3v) is 7.58. The van der Waals surface area contributed by atoms with Gasteiger partial charge in [0.05, 0.1) is 18.8 Å². The number of nitrogens with zero attached hydrogens (tertiary/aromatic N) is 2. The topological polar surface area (TPSA) is 53.0 Å². The number of β-amino-alcohol motifs (C(OH)–C–C–N with tert-alkyl or cyclic N) is 1. The molecule has 1 amide bonds. The first-order valence-corrected chi connectivity index (χ1v) is 11.3. The first-order chi connectivity index (χ1) is 14.4. The standard InChI is InChI=1S/C23H29FN2O3S/c1-16-5-10-30-21(16)14-25-8-6-23(7-9-25)12-17(27)13-26(15-23)22(28)19-4-3-18(29-2)11-20(19)24/h3-5,10-11,17,27H,6-9,12-15H2,1-2H3. The van der Waals surface area contributed by atoms with Gasteiger partial charge in [0.2, 0.25) is 0 Å². The predicted octanol–water partition coefficient (Wildman–Crippen LogP) is 3.69. The van der Waals surface area contributed by atoms with Crippen LogP contribution in [0.15, 0.2) is 29.6 Å². The SMILES string of the molecule is COc1ccc(C(=O)N2CC(O)CC3(CCN(Cc4sccc4C)CC3)C2)c(F)c1. The summed E-state index contributed by atoms with van der Waals surface area (Å²) in [6, 6.07) is 6.45. The highest BCUT2D eigenvalue weighted by Crippen LogP contribution is 2.41. The van der Waals surface area contributed by atoms with Gasteiger partial charge in [-0.15, -0.1) is 11.3 Å². The van der Waals surface area contributed by atoms with Crippen LogP contribution < -0.4 is 4.74 Å². The predicted molar refractivity (Wildman–Crippen MR) is 115 cm³/mol. The van der Waals surface area contributed by atoms with E-state index < -0.39 is 11.9 Å². The van der Waals surface area contributed by atoms with Crippen molar-refractivity contribution >= 4 is 17.2 Å². The quantitative estimate of drug-likeness (QED) is 0.801. The van der Waals surface area contributed by atoms with Crippen LogP contribution in [0.1, 0.15) is 40.1 Å². The average Bonchev–Trinajstić information content (AvgIpc) is 3.13. The fourth-order valence-electron chi connectivity index (χ4n) is 4.79. The highest BCUT2D eigenvalue weighted by molar-refractivity contribution is 7.10. The Kier molecular flexibility index (Phi) is 6.14. The van der Waals surface area contributed by atoms with Gasteiger partial charge < -0.3 is 14.7 Å². The molecule has 1 spiro atoms. The van der Waals surface area contributed by atoms with Gasteiger partial charge in [-0.2, -0.15) is 0 Å². The second-order valence-corrected chi connectivity index (χ2v) is 9.69. The molecule has 1 atom stereocenters. The summed E-state index contributed by atoms with van der Waals surface area (Å²) in [5, 5.41) is 12.7. The van der Waals surface area contributed by atoms with Crippen LogP contribution in [0.4, 0.5) is 4.39 Å². The molecular weight excluding hydrogens is 403 g/mol. The smallest absolute Gasteiger partial charge is 0.256 e. The molecule has 2 aromatic rings. The molecule has 5 nitrogen and oxygen atoms in total. The van der Waals surface area contributed by atoms with Crippen LogP contribution in [0.5, 0.6) is 5.75 Å². The van der Waals surface area contributed by atoms with Crippen molar-refractivity contribution in [3.63, 3.8) is 0 Å². The Morgan fingerprint density at radius 2 is 2.10 bits per heavy atom. The average molecular weight is 433 g/mol. The van der Waals surface area contributed by atoms with E-state index in [1.807, 2.05) is 0 Å². The highest BCUT2D eigenvalue weighted by atomic mass is 32.1. The summed E-state index contributed by atoms with van der Waals surface area (Å²) < 4.78 is 19.5. The van der Waals surface area contributed by atoms with Crippen LogP contribution in [-0.2, 0) is 6.54 Å². The Labute approximate surface area is 181 Å². The largest absolute Gasteiger partial charge is 0.497 e. The van der Waals surface area contributed by atoms with E-state index in [2.05, 4.69) is 23.3 Å². The van der Waals surface area contributed by atoms with Gasteiger partial charge in [-0.25, -0.2) is 4.39 Å². The van der Waals surface area contributed by atoms with Crippen LogP contribution in [0, 0.1) is 18.2 Å². The molecule has 0 bridgehead atoms. The number of piperidine rings is 2. The van der Waals surface area contributed by atoms with E-state index in [1.54, 1.807) is 22.3 Å². The molecule has 2 saturated heterocycles. The minimum atomic E-state index is -0.588. The number of benzene rings is 1. The number of likely N-dealkylation sites (tertiary alicyclic amines) is 2. The number of amides is 1. The molecule has 2 fully saturated rings. The second-order valence-electron chi connectivity index (χ2n) is 8.69. The molecule has 0 radical (unpaired) electrons. The Balaban J connectivity index is 1.43. The molecule has 3 heterocycles. The van der Waals surface area contributed by atoms with E-state index >= 15 is 0 Å². The van der Waals surface area contributed by atoms with Gasteiger partial charge in [-0.05, 0) is 73.8 Å². The van der Waals surface area contributed by atoms with Crippen LogP contribution in [0.25, 0.3) is 0 Å². The maximum atomic E-state index is 14.4. The van der Waals surface area contributed by atoms with Crippen molar-refractivity contribution in [1.29, 1.82) is 0 Å². The second kappa shape index (κ2) is 8.65. The normalized spacial score (nSPS) is 21.7. The van der Waals surface area contributed by atoms with Crippen LogP contribution in [0.3, 0.4) is 0 Å². The van der Waals surface area contributed by atoms with Gasteiger partial charge in [0.25, 0.3) is 5.91 Å². The molecule has 1 aromatic carbocycles. The summed E-state index contributed by atoms with van der Waals surface area (Å²) in [5.74, 6) is -0.563. The number of thiophene rings is 1. The number of carbonyl (C=O) groups is 1. The minimum Gasteiger partial charge on any atom is -0.497 e. The molecule has 0 aliphatic carbocycles. The third kappa shape index (κ3) is 4.38. The van der Waals surface area contributed by atoms with Gasteiger partial charge >= 0.3 is 0 Å². The van der Waals surface area contributed by atoms with E-state index in [0.29, 0.717) is 18.7 Å². The van der Waals surface area contributed by atoms with Crippen molar-refractivity contribution in [2.45, 2.75) is 38.8 Å². The Bertz CT molecular complexity index is 908. The van der Waals surface area contributed by atoms with E-state index in [1.165, 1.54) is 29.7 Å². The maximum Gasteiger partial charge on any atom is 0.256 e. The zero-order valence-corrected chi connectivity index (χ0v) is 18.4. The zero-order chi connectivity index (χ0) is 21.3. The lowest BCUT2D eigenvalue weighted by atomic mass is 9.71. The van der Waals surface area contributed by atoms with E-state index in [9.17, 15) is 14.3 Å². The highest BCUT2D eigenvalue weighted by Gasteiger charge is 2.43. The molecule has 162 valence electrons. The molecule has 2 aliphatic rings. The summed E-state index contributed by atoms with van der Waals surface area (Å²) in [6.07, 6.45) is 2.00. The van der Waals surface area contributed by atoms with E-state index in [-0.39, 0.29) is 23.4 Å². The number of rotatable bonds is 4. The van der Waals surface area contributed by atoms with Crippen molar-refractivity contribution in [1.82, 2.24) is 9.80 Å². The van der Waals surface area contributed by atoms with E-state index in [0.717, 1.165) is 32.5 Å². The minimum absolute atomic E-state index is 0.0330. The number of aliphatic hydroxyl groups is 1. The van der Waals surface area contributed by atoms with Crippen molar-refractivity contribution < 1.29 is 19.0 Å². The van der Waals surface area contributed by atoms with Gasteiger partial charge in [0.15, 0.2) is 0 Å². The number of aryl methyl sites for hydroxylation is 1. The molecule has 1 N–H and O–H groups in total. The Hall–Kier alpha value is -1.96. The summed E-state index contributed by atoms with van der Waals surface area (Å²) in [6.45, 7) is 5.83. The lowest BCUT2D eigenvalue weighted by Gasteiger charge is -2.49. The monoisotopic (exact) mass is 432 g/mol. The van der Waals surface area contributed by atoms with Crippen LogP contribution in [0.2, 0.25) is 0 Å². The molecule has 4 rings (SSSR count). The third-order valence-electron chi connectivity index (χ3n) is 6.57. The maximum absolute atomic E-state index is 14.4. The number of ether oxygens (including phenoxy) is 1. The molecule has 1 unspecified atom stereocenters. The molecule has 30 heavy (non-hydrogen) atoms. The van der Waals surface area contributed by atoms with Gasteiger partial charge in [0.1, 0.15) is 11.6 Å². The van der Waals surface area contributed by atoms with Crippen LogP contribution in [-0.4, -0.2) is 60.2 Å². The number of aliphatic hydroxyl groups excluding tert-OH is 1. The molecule has 7 heteroatoms. The zero-order valence-electron chi connectivity index (χ0n) is 17.6. The summed E-state index contributed by atoms with van der Waals surface area (Å²) >= 11 is 1.80. The van der Waals surface area contributed by atoms with Crippen molar-refractivity contribution in [2.24, 2.45) is 5.41 Å². The van der Waals surface area contributed by atoms with E-state index in [4.69, 9.17) is 4.74 Å². The number of halogens is 1. The summed E-state index contributed by atoms with van der Waals surface area (Å²) in [5.41, 5.74) is 1.27. The Morgan fingerprint density at radius 1 is 1.33 bits per heavy atom. The molecule has 0 saturated carbocycles. The van der Waals surface area contributed by atoms with Crippen LogP contribution >= 0.6 is 11.3 Å². The number of hydrogen-bond acceptors (Lipinski definition) is 5. The number of hydrogen-bond donors (Lipinski definition) is 1. The van der Waals surface area contributed by atoms with Crippen molar-refractivity contribution in [3.8, 4) is 5.75 Å². The lowest BCUT2D eigenvalue weighted by molar-refractivity contribution is -0.0337. The molecule has 1 aromatic heterocycles. The fourth-order valence-corrected chi connectivity index (χ4v) is 5.74. The number of methoxy groups -OCH3 is 1. The summed E-state index contributed by atoms with van der Waals surface area (Å²) in [7, 11) is 1.47. The summed E-state index contributed by atoms with van der Waals surface area (Å²) in [4.78, 5) is 18.5. The fraction of sp³-hybridized carbons (Fsp3) is 0.522. The molecule has 2 aliphatic heterocycles. The van der Waals surface area contributed by atoms with Gasteiger partial charge in [0, 0.05) is 30.6 Å². The van der Waals surface area contributed by atoms with Crippen molar-refractivity contribution in [2.75, 3.05) is 33.3 Å². The lowest BCUT2D eigenvalue weighted by Crippen LogP contribution is -2.55. The Morgan fingerprint density at radius 3 is 2.73 bits per heavy atom. The first-order valence-electron chi connectivity index (χ1n) is 10.5. The number of carbonyl (C=O) groups excluding carboxylic acids is 1. The van der Waals surface area contributed by atoms with Gasteiger partial charge in [-0.3, -0.25) is 9.69 Å². The molecular formula is C23H29FN2O3S. The van der Waals surface area contributed by atoms with Gasteiger partial charge in [-0.1, -0.05) is 0 Å².